The maximum absolute atomic E-state index is 13.3. The Labute approximate surface area is 208 Å². The number of pyridine rings is 1. The van der Waals surface area contributed by atoms with Gasteiger partial charge in [-0.1, -0.05) is 62.8 Å². The van der Waals surface area contributed by atoms with Crippen LogP contribution in [0.1, 0.15) is 62.5 Å². The first-order chi connectivity index (χ1) is 17.0. The molecule has 2 saturated carbocycles. The van der Waals surface area contributed by atoms with E-state index in [1.54, 1.807) is 19.4 Å². The molecule has 35 heavy (non-hydrogen) atoms. The van der Waals surface area contributed by atoms with Gasteiger partial charge in [0.05, 0.1) is 13.5 Å². The number of benzene rings is 1. The summed E-state index contributed by atoms with van der Waals surface area (Å²) in [4.78, 5) is 30.5. The first-order valence-electron chi connectivity index (χ1n) is 12.9. The summed E-state index contributed by atoms with van der Waals surface area (Å²) in [6.45, 7) is 0.349. The fourth-order valence-electron chi connectivity index (χ4n) is 6.02. The fraction of sp³-hybridized carbons (Fsp3) is 0.536. The van der Waals surface area contributed by atoms with E-state index in [0.717, 1.165) is 23.5 Å². The molecule has 4 N–H and O–H groups in total. The molecule has 1 aromatic heterocycles. The second-order valence-corrected chi connectivity index (χ2v) is 10.1. The van der Waals surface area contributed by atoms with Crippen LogP contribution in [0.5, 0.6) is 5.75 Å². The lowest BCUT2D eigenvalue weighted by Crippen LogP contribution is -2.49. The maximum atomic E-state index is 13.3. The summed E-state index contributed by atoms with van der Waals surface area (Å²) in [5.74, 6) is 2.72. The molecule has 4 rings (SSSR count). The first-order valence-corrected chi connectivity index (χ1v) is 12.9. The number of hydrogen-bond acceptors (Lipinski definition) is 5. The average Bonchev–Trinajstić information content (AvgIpc) is 2.88. The van der Waals surface area contributed by atoms with Crippen LogP contribution in [0.15, 0.2) is 42.6 Å². The minimum atomic E-state index is -0.565. The summed E-state index contributed by atoms with van der Waals surface area (Å²) >= 11 is 0. The third-order valence-corrected chi connectivity index (χ3v) is 7.77. The molecule has 0 saturated heterocycles. The van der Waals surface area contributed by atoms with Crippen molar-refractivity contribution in [3.05, 3.63) is 53.7 Å². The number of para-hydroxylation sites is 1. The molecule has 2 aromatic rings. The van der Waals surface area contributed by atoms with Crippen molar-refractivity contribution in [1.29, 1.82) is 0 Å². The highest BCUT2D eigenvalue weighted by atomic mass is 16.5. The molecule has 1 aromatic carbocycles. The Morgan fingerprint density at radius 3 is 2.69 bits per heavy atom. The van der Waals surface area contributed by atoms with E-state index >= 15 is 0 Å². The Kier molecular flexibility index (Phi) is 8.61. The van der Waals surface area contributed by atoms with Crippen LogP contribution >= 0.6 is 0 Å². The first kappa shape index (κ1) is 25.0. The molecule has 0 spiro atoms. The number of nitrogen functional groups attached to an aromatic ring is 1. The molecule has 7 heteroatoms. The van der Waals surface area contributed by atoms with E-state index < -0.39 is 6.04 Å². The molecule has 7 nitrogen and oxygen atoms in total. The SMILES string of the molecule is COc1ccccc1CC(=O)N[C@@H](CC1CCCC2CCCCC21)C(=O)NCc1ccc(N)nc1. The number of fused-ring (bicyclic) bond motifs is 1. The predicted octanol–water partition coefficient (Wildman–Crippen LogP) is 4.01. The molecule has 1 heterocycles. The number of nitrogens with two attached hydrogens (primary N) is 1. The standard InChI is InChI=1S/C28H38N4O3/c1-35-25-12-5-3-8-22(25)16-27(33)32-24(28(34)31-18-19-13-14-26(29)30-17-19)15-21-10-6-9-20-7-2-4-11-23(20)21/h3,5,8,12-14,17,20-21,23-24H,2,4,6-7,9-11,15-16,18H2,1H3,(H2,29,30)(H,31,34)(H,32,33)/t20?,21?,23?,24-/m0/s1. The molecular weight excluding hydrogens is 440 g/mol. The van der Waals surface area contributed by atoms with Gasteiger partial charge in [-0.2, -0.15) is 0 Å². The van der Waals surface area contributed by atoms with Crippen molar-refractivity contribution in [3.63, 3.8) is 0 Å². The number of nitrogens with one attached hydrogen (secondary N) is 2. The Morgan fingerprint density at radius 2 is 1.89 bits per heavy atom. The van der Waals surface area contributed by atoms with Gasteiger partial charge >= 0.3 is 0 Å². The molecule has 2 aliphatic rings. The van der Waals surface area contributed by atoms with E-state index in [1.165, 1.54) is 38.5 Å². The molecule has 0 radical (unpaired) electrons. The minimum Gasteiger partial charge on any atom is -0.496 e. The van der Waals surface area contributed by atoms with Crippen molar-refractivity contribution >= 4 is 17.6 Å². The minimum absolute atomic E-state index is 0.145. The quantitative estimate of drug-likeness (QED) is 0.505. The fourth-order valence-corrected chi connectivity index (χ4v) is 6.02. The van der Waals surface area contributed by atoms with E-state index in [4.69, 9.17) is 10.5 Å². The topological polar surface area (TPSA) is 106 Å². The van der Waals surface area contributed by atoms with Gasteiger partial charge in [0.1, 0.15) is 17.6 Å². The van der Waals surface area contributed by atoms with Crippen molar-refractivity contribution in [2.75, 3.05) is 12.8 Å². The van der Waals surface area contributed by atoms with Crippen molar-refractivity contribution in [3.8, 4) is 5.75 Å². The van der Waals surface area contributed by atoms with Crippen LogP contribution in [-0.4, -0.2) is 29.9 Å². The van der Waals surface area contributed by atoms with Crippen LogP contribution < -0.4 is 21.1 Å². The Hall–Kier alpha value is -3.09. The van der Waals surface area contributed by atoms with Crippen LogP contribution in [-0.2, 0) is 22.6 Å². The van der Waals surface area contributed by atoms with Gasteiger partial charge in [-0.15, -0.1) is 0 Å². The molecule has 2 fully saturated rings. The van der Waals surface area contributed by atoms with Gasteiger partial charge in [0.25, 0.3) is 0 Å². The van der Waals surface area contributed by atoms with Crippen LogP contribution in [0.4, 0.5) is 5.82 Å². The molecule has 2 amide bonds. The lowest BCUT2D eigenvalue weighted by molar-refractivity contribution is -0.129. The maximum Gasteiger partial charge on any atom is 0.242 e. The van der Waals surface area contributed by atoms with Crippen molar-refractivity contribution in [2.45, 2.75) is 70.4 Å². The number of carbonyl (C=O) groups is 2. The van der Waals surface area contributed by atoms with E-state index in [9.17, 15) is 9.59 Å². The second kappa shape index (κ2) is 12.0. The third-order valence-electron chi connectivity index (χ3n) is 7.77. The zero-order valence-electron chi connectivity index (χ0n) is 20.7. The predicted molar refractivity (Wildman–Crippen MR) is 137 cm³/mol. The molecular formula is C28H38N4O3. The number of anilines is 1. The van der Waals surface area contributed by atoms with Crippen molar-refractivity contribution in [2.24, 2.45) is 17.8 Å². The van der Waals surface area contributed by atoms with Gasteiger partial charge in [0, 0.05) is 18.3 Å². The van der Waals surface area contributed by atoms with Gasteiger partial charge in [-0.25, -0.2) is 4.98 Å². The van der Waals surface area contributed by atoms with E-state index in [2.05, 4.69) is 15.6 Å². The van der Waals surface area contributed by atoms with Crippen LogP contribution in [0.25, 0.3) is 0 Å². The van der Waals surface area contributed by atoms with Gasteiger partial charge in [-0.3, -0.25) is 9.59 Å². The highest BCUT2D eigenvalue weighted by Gasteiger charge is 2.37. The second-order valence-electron chi connectivity index (χ2n) is 10.1. The van der Waals surface area contributed by atoms with Gasteiger partial charge in [0.2, 0.25) is 11.8 Å². The molecule has 4 atom stereocenters. The number of nitrogens with zero attached hydrogens (tertiary/aromatic N) is 1. The smallest absolute Gasteiger partial charge is 0.242 e. The van der Waals surface area contributed by atoms with Crippen LogP contribution in [0, 0.1) is 17.8 Å². The summed E-state index contributed by atoms with van der Waals surface area (Å²) in [6, 6.07) is 10.5. The van der Waals surface area contributed by atoms with Gasteiger partial charge in [0.15, 0.2) is 0 Å². The zero-order chi connectivity index (χ0) is 24.6. The Morgan fingerprint density at radius 1 is 1.09 bits per heavy atom. The monoisotopic (exact) mass is 478 g/mol. The lowest BCUT2D eigenvalue weighted by atomic mass is 9.64. The Balaban J connectivity index is 1.45. The number of hydrogen-bond donors (Lipinski definition) is 3. The number of aromatic nitrogens is 1. The molecule has 0 aliphatic heterocycles. The Bertz CT molecular complexity index is 992. The molecule has 0 bridgehead atoms. The van der Waals surface area contributed by atoms with Gasteiger partial charge in [-0.05, 0) is 48.3 Å². The van der Waals surface area contributed by atoms with E-state index in [0.29, 0.717) is 36.4 Å². The highest BCUT2D eigenvalue weighted by Crippen LogP contribution is 2.45. The molecule has 2 aliphatic carbocycles. The molecule has 3 unspecified atom stereocenters. The third kappa shape index (κ3) is 6.74. The molecule has 188 valence electrons. The van der Waals surface area contributed by atoms with E-state index in [1.807, 2.05) is 30.3 Å². The number of carbonyl (C=O) groups excluding carboxylic acids is 2. The summed E-state index contributed by atoms with van der Waals surface area (Å²) in [7, 11) is 1.60. The largest absolute Gasteiger partial charge is 0.496 e. The normalized spacial score (nSPS) is 22.5. The number of methoxy groups -OCH3 is 1. The summed E-state index contributed by atoms with van der Waals surface area (Å²) < 4.78 is 5.40. The summed E-state index contributed by atoms with van der Waals surface area (Å²) in [5, 5.41) is 6.08. The number of ether oxygens (including phenoxy) is 1. The van der Waals surface area contributed by atoms with E-state index in [-0.39, 0.29) is 18.2 Å². The summed E-state index contributed by atoms with van der Waals surface area (Å²) in [5.41, 5.74) is 7.35. The average molecular weight is 479 g/mol. The van der Waals surface area contributed by atoms with Crippen molar-refractivity contribution < 1.29 is 14.3 Å². The van der Waals surface area contributed by atoms with Gasteiger partial charge < -0.3 is 21.1 Å². The lowest BCUT2D eigenvalue weighted by Gasteiger charge is -2.42. The summed E-state index contributed by atoms with van der Waals surface area (Å²) in [6.07, 6.45) is 11.3. The highest BCUT2D eigenvalue weighted by molar-refractivity contribution is 5.88. The zero-order valence-corrected chi connectivity index (χ0v) is 20.7. The van der Waals surface area contributed by atoms with Crippen LogP contribution in [0.3, 0.4) is 0 Å². The number of rotatable bonds is 9. The van der Waals surface area contributed by atoms with Crippen molar-refractivity contribution in [1.82, 2.24) is 15.6 Å². The van der Waals surface area contributed by atoms with Crippen LogP contribution in [0.2, 0.25) is 0 Å². The number of amides is 2.